The summed E-state index contributed by atoms with van der Waals surface area (Å²) in [5.41, 5.74) is -2.01. The molecule has 0 radical (unpaired) electrons. The topological polar surface area (TPSA) is 332 Å². The van der Waals surface area contributed by atoms with E-state index in [-0.39, 0.29) is 3.57 Å². The molecule has 3 rings (SSSR count). The highest BCUT2D eigenvalue weighted by atomic mass is 127. The van der Waals surface area contributed by atoms with Crippen molar-refractivity contribution in [2.75, 3.05) is 52.5 Å². The van der Waals surface area contributed by atoms with Gasteiger partial charge >= 0.3 is 13.5 Å². The van der Waals surface area contributed by atoms with Gasteiger partial charge in [-0.15, -0.1) is 0 Å². The van der Waals surface area contributed by atoms with Crippen molar-refractivity contribution in [1.82, 2.24) is 9.55 Å². The lowest BCUT2D eigenvalue weighted by Crippen LogP contribution is -3.11. The number of quaternary nitrogens is 2. The van der Waals surface area contributed by atoms with E-state index in [2.05, 4.69) is 46.1 Å². The third-order valence-electron chi connectivity index (χ3n) is 8.87. The normalized spacial score (nSPS) is 28.9. The van der Waals surface area contributed by atoms with Crippen LogP contribution in [-0.4, -0.2) is 153 Å². The lowest BCUT2D eigenvalue weighted by atomic mass is 9.94. The molecule has 1 aromatic heterocycles. The van der Waals surface area contributed by atoms with Crippen molar-refractivity contribution in [2.24, 2.45) is 0 Å². The van der Waals surface area contributed by atoms with Crippen molar-refractivity contribution in [3.05, 3.63) is 30.6 Å². The van der Waals surface area contributed by atoms with Crippen LogP contribution >= 0.6 is 38.2 Å². The molecule has 22 nitrogen and oxygen atoms in total. The van der Waals surface area contributed by atoms with Gasteiger partial charge in [0.25, 0.3) is 5.56 Å². The van der Waals surface area contributed by atoms with Crippen LogP contribution in [0, 0.1) is 3.57 Å². The summed E-state index contributed by atoms with van der Waals surface area (Å²) in [5, 5.41) is 59.5. The zero-order chi connectivity index (χ0) is 41.6. The molecule has 2 fully saturated rings. The molecule has 11 atom stereocenters. The largest absolute Gasteiger partial charge is 0.790 e. The van der Waals surface area contributed by atoms with E-state index >= 15 is 0 Å². The first kappa shape index (κ1) is 51.2. The molecule has 318 valence electrons. The van der Waals surface area contributed by atoms with Gasteiger partial charge in [-0.1, -0.05) is 0 Å². The lowest BCUT2D eigenvalue weighted by Gasteiger charge is -2.40. The van der Waals surface area contributed by atoms with Gasteiger partial charge in [-0.05, 0) is 64.1 Å². The first-order valence-electron chi connectivity index (χ1n) is 17.5. The number of hydrogen-bond donors (Lipinski definition) is 10. The van der Waals surface area contributed by atoms with Gasteiger partial charge in [0.15, 0.2) is 12.5 Å². The molecular formula is C29H57IN4O18P2. The number of phosphoric ester groups is 2. The van der Waals surface area contributed by atoms with Crippen LogP contribution in [0.5, 0.6) is 0 Å². The molecule has 0 amide bonds. The first-order valence-corrected chi connectivity index (χ1v) is 21.5. The van der Waals surface area contributed by atoms with Crippen molar-refractivity contribution in [3.63, 3.8) is 0 Å². The molecule has 0 aromatic carbocycles. The van der Waals surface area contributed by atoms with Crippen LogP contribution in [0.15, 0.2) is 15.8 Å². The van der Waals surface area contributed by atoms with Gasteiger partial charge in [0, 0.05) is 12.6 Å². The maximum Gasteiger partial charge on any atom is 0.472 e. The highest BCUT2D eigenvalue weighted by Gasteiger charge is 2.52. The Labute approximate surface area is 326 Å². The third-order valence-corrected chi connectivity index (χ3v) is 11.1. The fraction of sp³-hybridized carbons (Fsp3) is 0.862. The average Bonchev–Trinajstić information content (AvgIpc) is 3.42. The molecule has 0 bridgehead atoms. The summed E-state index contributed by atoms with van der Waals surface area (Å²) in [7, 11) is -11.1. The summed E-state index contributed by atoms with van der Waals surface area (Å²) in [6, 6.07) is 0. The Morgan fingerprint density at radius 2 is 1.39 bits per heavy atom. The maximum atomic E-state index is 12.7. The fourth-order valence-corrected chi connectivity index (χ4v) is 7.23. The zero-order valence-corrected chi connectivity index (χ0v) is 35.0. The van der Waals surface area contributed by atoms with E-state index < -0.39 is 108 Å². The molecule has 2 saturated heterocycles. The van der Waals surface area contributed by atoms with Crippen LogP contribution in [0.25, 0.3) is 0 Å². The molecule has 54 heavy (non-hydrogen) atoms. The number of rotatable bonds is 17. The van der Waals surface area contributed by atoms with E-state index in [0.29, 0.717) is 4.57 Å². The number of aliphatic hydroxyl groups excluding tert-OH is 6. The number of aromatic nitrogens is 2. The molecule has 2 aliphatic heterocycles. The molecule has 2 aliphatic rings. The van der Waals surface area contributed by atoms with Crippen LogP contribution in [0.4, 0.5) is 0 Å². The van der Waals surface area contributed by atoms with Crippen molar-refractivity contribution < 1.29 is 87.3 Å². The third kappa shape index (κ3) is 15.9. The van der Waals surface area contributed by atoms with E-state index in [1.54, 1.807) is 9.80 Å². The highest BCUT2D eigenvalue weighted by molar-refractivity contribution is 14.1. The monoisotopic (exact) mass is 938 g/mol. The molecule has 0 aliphatic carbocycles. The van der Waals surface area contributed by atoms with Crippen LogP contribution < -0.4 is 30.8 Å². The van der Waals surface area contributed by atoms with Gasteiger partial charge < -0.3 is 73.7 Å². The fourth-order valence-electron chi connectivity index (χ4n) is 5.48. The van der Waals surface area contributed by atoms with Crippen LogP contribution in [0.2, 0.25) is 0 Å². The number of ether oxygens (including phenoxy) is 2. The van der Waals surface area contributed by atoms with Gasteiger partial charge in [-0.2, -0.15) is 0 Å². The number of aliphatic hydroxyl groups is 6. The predicted molar refractivity (Wildman–Crippen MR) is 193 cm³/mol. The van der Waals surface area contributed by atoms with Crippen molar-refractivity contribution in [3.8, 4) is 0 Å². The second-order valence-electron chi connectivity index (χ2n) is 12.2. The Balaban J connectivity index is 0.000000879. The minimum Gasteiger partial charge on any atom is -0.790 e. The van der Waals surface area contributed by atoms with Crippen molar-refractivity contribution >= 4 is 38.2 Å². The van der Waals surface area contributed by atoms with Gasteiger partial charge in [-0.3, -0.25) is 23.4 Å². The molecule has 3 heterocycles. The Morgan fingerprint density at radius 3 is 1.83 bits per heavy atom. The number of phosphoric acid groups is 2. The summed E-state index contributed by atoms with van der Waals surface area (Å²) in [4.78, 5) is 61.4. The summed E-state index contributed by atoms with van der Waals surface area (Å²) in [6.07, 6.45) is -18.1. The number of aromatic amines is 1. The van der Waals surface area contributed by atoms with E-state index in [4.69, 9.17) is 18.5 Å². The molecule has 0 saturated carbocycles. The lowest BCUT2D eigenvalue weighted by molar-refractivity contribution is -0.894. The summed E-state index contributed by atoms with van der Waals surface area (Å²) in [5.74, 6) is 0. The number of H-pyrrole nitrogens is 1. The SMILES string of the molecule is CC[NH+](CC)CC.CC[NH+](CC)CC.O=c1[nH]c(=O)n([C@@H]2O[C@H](C(O)OP(=O)([O-])[O-])[C@@H](O)[C@H]2OP(=O)(O)OCC[C@H]2O[C@H](CO)[C@H](O)[C@H](O)[C@H]2O)cc1I. The first-order chi connectivity index (χ1) is 25.1. The smallest absolute Gasteiger partial charge is 0.472 e. The molecule has 10 N–H and O–H groups in total. The molecular weight excluding hydrogens is 881 g/mol. The maximum absolute atomic E-state index is 12.7. The standard InChI is InChI=1S/C17H27IN2O18P2.2C6H15N/c18-5-3-20(17(28)19-14(5)26)15-12(11(25)13(36-15)16(27)38-39(29,30)31)37-40(32,33)34-2-1-6-8(22)10(24)9(23)7(4-21)35-6;2*1-4-7(5-2)6-3/h3,6-13,15-16,21-25,27H,1-2,4H2,(H,32,33)(H,19,26,28)(H2,29,30,31);2*4-6H2,1-3H3/t6-,7-,8+,9+,10-,11+,12-,13+,15-,16?;;/m1../s1. The summed E-state index contributed by atoms with van der Waals surface area (Å²) in [6.45, 7) is 19.5. The van der Waals surface area contributed by atoms with E-state index in [9.17, 15) is 64.0 Å². The van der Waals surface area contributed by atoms with Gasteiger partial charge in [0.05, 0.1) is 70.0 Å². The van der Waals surface area contributed by atoms with E-state index in [1.807, 2.05) is 4.98 Å². The summed E-state index contributed by atoms with van der Waals surface area (Å²) >= 11 is 1.51. The summed E-state index contributed by atoms with van der Waals surface area (Å²) < 4.78 is 48.1. The van der Waals surface area contributed by atoms with Gasteiger partial charge in [0.2, 0.25) is 0 Å². The quantitative estimate of drug-likeness (QED) is 0.0395. The Bertz CT molecular complexity index is 1420. The van der Waals surface area contributed by atoms with Crippen LogP contribution in [0.3, 0.4) is 0 Å². The Morgan fingerprint density at radius 1 is 0.889 bits per heavy atom. The van der Waals surface area contributed by atoms with Crippen LogP contribution in [0.1, 0.15) is 54.2 Å². The predicted octanol–water partition coefficient (Wildman–Crippen LogP) is -5.84. The van der Waals surface area contributed by atoms with Gasteiger partial charge in [-0.25, -0.2) is 9.36 Å². The number of halogens is 1. The minimum absolute atomic E-state index is 0.110. The molecule has 0 spiro atoms. The number of hydrogen-bond acceptors (Lipinski definition) is 17. The zero-order valence-electron chi connectivity index (χ0n) is 31.1. The van der Waals surface area contributed by atoms with E-state index in [0.717, 1.165) is 6.20 Å². The molecule has 1 aromatic rings. The van der Waals surface area contributed by atoms with Crippen molar-refractivity contribution in [2.45, 2.75) is 109 Å². The van der Waals surface area contributed by atoms with E-state index in [1.165, 1.54) is 61.9 Å². The second kappa shape index (κ2) is 24.2. The Kier molecular flexibility index (Phi) is 23.0. The van der Waals surface area contributed by atoms with Crippen molar-refractivity contribution in [1.29, 1.82) is 0 Å². The minimum atomic E-state index is -5.84. The highest BCUT2D eigenvalue weighted by Crippen LogP contribution is 2.50. The molecule has 2 unspecified atom stereocenters. The number of nitrogens with zero attached hydrogens (tertiary/aromatic N) is 1. The van der Waals surface area contributed by atoms with Crippen LogP contribution in [-0.2, 0) is 32.2 Å². The Hall–Kier alpha value is -0.770. The number of nitrogens with one attached hydrogen (secondary N) is 3. The average molecular weight is 939 g/mol. The van der Waals surface area contributed by atoms with Gasteiger partial charge in [0.1, 0.15) is 42.7 Å². The second-order valence-corrected chi connectivity index (χ2v) is 15.9. The molecule has 25 heteroatoms.